The van der Waals surface area contributed by atoms with Gasteiger partial charge in [0.2, 0.25) is 0 Å². The van der Waals surface area contributed by atoms with Gasteiger partial charge >= 0.3 is 0 Å². The highest BCUT2D eigenvalue weighted by Crippen LogP contribution is 2.28. The van der Waals surface area contributed by atoms with Gasteiger partial charge in [0.1, 0.15) is 16.1 Å². The van der Waals surface area contributed by atoms with Crippen molar-refractivity contribution in [2.24, 2.45) is 0 Å². The second kappa shape index (κ2) is 5.00. The summed E-state index contributed by atoms with van der Waals surface area (Å²) in [6.45, 7) is 6.57. The number of hydrogen-bond acceptors (Lipinski definition) is 2. The molecule has 0 fully saturated rings. The molecule has 0 spiro atoms. The Bertz CT molecular complexity index is 799. The fourth-order valence-electron chi connectivity index (χ4n) is 2.26. The molecular formula is C16H15Cl2N3. The first-order valence-corrected chi connectivity index (χ1v) is 7.42. The van der Waals surface area contributed by atoms with Gasteiger partial charge in [-0.15, -0.1) is 0 Å². The predicted octanol–water partition coefficient (Wildman–Crippen LogP) is 5.00. The Morgan fingerprint density at radius 3 is 2.33 bits per heavy atom. The molecule has 0 saturated heterocycles. The number of imidazole rings is 1. The molecule has 3 nitrogen and oxygen atoms in total. The first kappa shape index (κ1) is 14.4. The molecule has 0 amide bonds. The summed E-state index contributed by atoms with van der Waals surface area (Å²) in [5, 5.41) is 0.861. The number of hydrogen-bond donors (Lipinski definition) is 0. The maximum absolute atomic E-state index is 6.26. The van der Waals surface area contributed by atoms with E-state index in [0.29, 0.717) is 16.0 Å². The maximum Gasteiger partial charge on any atom is 0.159 e. The minimum absolute atomic E-state index is 0.125. The number of fused-ring (bicyclic) bond motifs is 1. The first-order chi connectivity index (χ1) is 9.86. The molecule has 0 saturated carbocycles. The Labute approximate surface area is 133 Å². The van der Waals surface area contributed by atoms with Gasteiger partial charge in [0, 0.05) is 11.6 Å². The van der Waals surface area contributed by atoms with Crippen molar-refractivity contribution >= 4 is 28.8 Å². The molecule has 2 heterocycles. The van der Waals surface area contributed by atoms with E-state index in [-0.39, 0.29) is 5.41 Å². The zero-order chi connectivity index (χ0) is 15.2. The summed E-state index contributed by atoms with van der Waals surface area (Å²) in [7, 11) is 0. The van der Waals surface area contributed by atoms with Gasteiger partial charge in [-0.25, -0.2) is 9.97 Å². The lowest BCUT2D eigenvalue weighted by Gasteiger charge is -2.19. The molecular weight excluding hydrogens is 305 g/mol. The summed E-state index contributed by atoms with van der Waals surface area (Å²) in [4.78, 5) is 8.64. The van der Waals surface area contributed by atoms with E-state index in [4.69, 9.17) is 23.2 Å². The van der Waals surface area contributed by atoms with Crippen LogP contribution < -0.4 is 0 Å². The van der Waals surface area contributed by atoms with Gasteiger partial charge < -0.3 is 0 Å². The van der Waals surface area contributed by atoms with Gasteiger partial charge in [-0.05, 0) is 11.0 Å². The van der Waals surface area contributed by atoms with Gasteiger partial charge in [0.05, 0.1) is 6.20 Å². The zero-order valence-corrected chi connectivity index (χ0v) is 13.6. The fourth-order valence-corrected chi connectivity index (χ4v) is 2.78. The van der Waals surface area contributed by atoms with Crippen LogP contribution in [0.4, 0.5) is 0 Å². The van der Waals surface area contributed by atoms with E-state index in [9.17, 15) is 0 Å². The summed E-state index contributed by atoms with van der Waals surface area (Å²) in [6.07, 6.45) is 1.67. The summed E-state index contributed by atoms with van der Waals surface area (Å²) in [5.41, 5.74) is 3.04. The Morgan fingerprint density at radius 1 is 1.05 bits per heavy atom. The van der Waals surface area contributed by atoms with Crippen molar-refractivity contribution in [2.45, 2.75) is 26.2 Å². The van der Waals surface area contributed by atoms with Crippen LogP contribution in [0.15, 0.2) is 36.5 Å². The summed E-state index contributed by atoms with van der Waals surface area (Å²) in [6, 6.07) is 9.96. The van der Waals surface area contributed by atoms with Crippen LogP contribution in [0.1, 0.15) is 26.3 Å². The van der Waals surface area contributed by atoms with Crippen LogP contribution in [0.3, 0.4) is 0 Å². The average Bonchev–Trinajstić information content (AvgIpc) is 2.81. The molecule has 0 atom stereocenters. The lowest BCUT2D eigenvalue weighted by atomic mass is 9.87. The fraction of sp³-hybridized carbons (Fsp3) is 0.250. The molecule has 0 N–H and O–H groups in total. The van der Waals surface area contributed by atoms with Crippen LogP contribution in [0.2, 0.25) is 10.3 Å². The second-order valence-corrected chi connectivity index (χ2v) is 6.78. The van der Waals surface area contributed by atoms with Crippen molar-refractivity contribution in [3.8, 4) is 11.4 Å². The molecule has 21 heavy (non-hydrogen) atoms. The summed E-state index contributed by atoms with van der Waals surface area (Å²) < 4.78 is 1.79. The smallest absolute Gasteiger partial charge is 0.159 e. The highest BCUT2D eigenvalue weighted by atomic mass is 35.5. The number of rotatable bonds is 1. The van der Waals surface area contributed by atoms with E-state index in [2.05, 4.69) is 55.0 Å². The van der Waals surface area contributed by atoms with Crippen molar-refractivity contribution in [1.82, 2.24) is 14.4 Å². The molecule has 0 unspecified atom stereocenters. The van der Waals surface area contributed by atoms with Gasteiger partial charge in [-0.1, -0.05) is 68.2 Å². The van der Waals surface area contributed by atoms with E-state index in [0.717, 1.165) is 11.4 Å². The molecule has 0 radical (unpaired) electrons. The Kier molecular flexibility index (Phi) is 3.42. The molecule has 3 rings (SSSR count). The van der Waals surface area contributed by atoms with Gasteiger partial charge in [-0.2, -0.15) is 0 Å². The van der Waals surface area contributed by atoms with Crippen LogP contribution in [0.5, 0.6) is 0 Å². The zero-order valence-electron chi connectivity index (χ0n) is 12.1. The van der Waals surface area contributed by atoms with E-state index in [1.54, 1.807) is 16.7 Å². The number of benzene rings is 1. The molecule has 0 bridgehead atoms. The lowest BCUT2D eigenvalue weighted by Crippen LogP contribution is -2.10. The molecule has 108 valence electrons. The van der Waals surface area contributed by atoms with Crippen LogP contribution in [-0.2, 0) is 5.41 Å². The van der Waals surface area contributed by atoms with Gasteiger partial charge in [-0.3, -0.25) is 4.40 Å². The largest absolute Gasteiger partial charge is 0.266 e. The van der Waals surface area contributed by atoms with Crippen molar-refractivity contribution in [3.05, 3.63) is 52.4 Å². The van der Waals surface area contributed by atoms with E-state index < -0.39 is 0 Å². The molecule has 1 aromatic carbocycles. The Morgan fingerprint density at radius 2 is 1.71 bits per heavy atom. The molecule has 0 aliphatic rings. The van der Waals surface area contributed by atoms with Crippen molar-refractivity contribution < 1.29 is 0 Å². The standard InChI is InChI=1S/C16H15Cl2N3/c1-16(2,3)11-6-4-10(5-7-11)15-19-9-14-20-12(17)8-13(18)21(14)15/h4-9H,1-3H3. The quantitative estimate of drug-likeness (QED) is 0.591. The normalized spacial score (nSPS) is 12.0. The van der Waals surface area contributed by atoms with Crippen LogP contribution in [0.25, 0.3) is 17.0 Å². The third kappa shape index (κ3) is 2.63. The average molecular weight is 320 g/mol. The van der Waals surface area contributed by atoms with Gasteiger partial charge in [0.25, 0.3) is 0 Å². The second-order valence-electron chi connectivity index (χ2n) is 6.00. The van der Waals surface area contributed by atoms with Crippen LogP contribution >= 0.6 is 23.2 Å². The van der Waals surface area contributed by atoms with Crippen molar-refractivity contribution in [3.63, 3.8) is 0 Å². The molecule has 0 aliphatic carbocycles. The minimum atomic E-state index is 0.125. The first-order valence-electron chi connectivity index (χ1n) is 6.67. The summed E-state index contributed by atoms with van der Waals surface area (Å²) >= 11 is 12.2. The Balaban J connectivity index is 2.13. The van der Waals surface area contributed by atoms with Crippen LogP contribution in [-0.4, -0.2) is 14.4 Å². The van der Waals surface area contributed by atoms with E-state index in [1.165, 1.54) is 5.56 Å². The topological polar surface area (TPSA) is 30.2 Å². The van der Waals surface area contributed by atoms with Crippen molar-refractivity contribution in [2.75, 3.05) is 0 Å². The Hall–Kier alpha value is -1.58. The maximum atomic E-state index is 6.26. The number of halogens is 2. The van der Waals surface area contributed by atoms with E-state index in [1.807, 2.05) is 0 Å². The van der Waals surface area contributed by atoms with E-state index >= 15 is 0 Å². The summed E-state index contributed by atoms with van der Waals surface area (Å²) in [5.74, 6) is 0.764. The highest BCUT2D eigenvalue weighted by Gasteiger charge is 2.15. The molecule has 5 heteroatoms. The SMILES string of the molecule is CC(C)(C)c1ccc(-c2ncc3nc(Cl)cc(Cl)n23)cc1. The van der Waals surface area contributed by atoms with Gasteiger partial charge in [0.15, 0.2) is 5.65 Å². The molecule has 2 aromatic heterocycles. The lowest BCUT2D eigenvalue weighted by molar-refractivity contribution is 0.590. The highest BCUT2D eigenvalue weighted by molar-refractivity contribution is 6.33. The third-order valence-electron chi connectivity index (χ3n) is 3.43. The number of aromatic nitrogens is 3. The third-order valence-corrected chi connectivity index (χ3v) is 3.90. The monoisotopic (exact) mass is 319 g/mol. The minimum Gasteiger partial charge on any atom is -0.266 e. The molecule has 3 aromatic rings. The predicted molar refractivity (Wildman–Crippen MR) is 87.1 cm³/mol. The van der Waals surface area contributed by atoms with Crippen molar-refractivity contribution in [1.29, 1.82) is 0 Å². The molecule has 0 aliphatic heterocycles. The number of nitrogens with zero attached hydrogens (tertiary/aromatic N) is 3. The van der Waals surface area contributed by atoms with Crippen LogP contribution in [0, 0.1) is 0 Å².